The van der Waals surface area contributed by atoms with Gasteiger partial charge < -0.3 is 20.3 Å². The molecule has 0 spiro atoms. The lowest BCUT2D eigenvalue weighted by Gasteiger charge is -2.28. The summed E-state index contributed by atoms with van der Waals surface area (Å²) >= 11 is 0. The summed E-state index contributed by atoms with van der Waals surface area (Å²) in [6.45, 7) is 3.73. The minimum atomic E-state index is -0.499. The quantitative estimate of drug-likeness (QED) is 0.654. The Morgan fingerprint density at radius 3 is 2.67 bits per heavy atom. The zero-order chi connectivity index (χ0) is 21.1. The van der Waals surface area contributed by atoms with Crippen LogP contribution in [0.1, 0.15) is 36.0 Å². The minimum Gasteiger partial charge on any atom is -0.495 e. The van der Waals surface area contributed by atoms with Gasteiger partial charge in [-0.15, -0.1) is 0 Å². The lowest BCUT2D eigenvalue weighted by Crippen LogP contribution is -2.49. The van der Waals surface area contributed by atoms with Gasteiger partial charge in [0.1, 0.15) is 5.75 Å². The third-order valence-electron chi connectivity index (χ3n) is 6.06. The third-order valence-corrected chi connectivity index (χ3v) is 6.06. The maximum atomic E-state index is 13.1. The molecule has 3 aliphatic rings. The van der Waals surface area contributed by atoms with E-state index in [4.69, 9.17) is 4.74 Å². The van der Waals surface area contributed by atoms with Gasteiger partial charge in [0.05, 0.1) is 12.8 Å². The van der Waals surface area contributed by atoms with Crippen LogP contribution in [0.5, 0.6) is 5.75 Å². The molecule has 0 aromatic heterocycles. The fraction of sp³-hybridized carbons (Fsp3) is 0.571. The number of nitrogens with zero attached hydrogens (tertiary/aromatic N) is 2. The third kappa shape index (κ3) is 4.41. The maximum Gasteiger partial charge on any atom is 0.328 e. The largest absolute Gasteiger partial charge is 0.495 e. The summed E-state index contributed by atoms with van der Waals surface area (Å²) in [7, 11) is 1.52. The first-order valence-corrected chi connectivity index (χ1v) is 10.6. The number of methoxy groups -OCH3 is 1. The van der Waals surface area contributed by atoms with Crippen LogP contribution in [0.15, 0.2) is 18.2 Å². The highest BCUT2D eigenvalue weighted by Gasteiger charge is 2.31. The van der Waals surface area contributed by atoms with E-state index in [1.807, 2.05) is 4.90 Å². The Labute approximate surface area is 176 Å². The van der Waals surface area contributed by atoms with Crippen LogP contribution in [0.4, 0.5) is 10.5 Å². The topological polar surface area (TPSA) is 103 Å². The lowest BCUT2D eigenvalue weighted by molar-refractivity contribution is -0.120. The number of anilines is 1. The molecule has 9 nitrogen and oxygen atoms in total. The number of carbonyl (C=O) groups is 3. The molecule has 162 valence electrons. The second kappa shape index (κ2) is 9.01. The summed E-state index contributed by atoms with van der Waals surface area (Å²) in [5.74, 6) is 0.136. The Morgan fingerprint density at radius 1 is 1.13 bits per heavy atom. The van der Waals surface area contributed by atoms with Gasteiger partial charge in [0, 0.05) is 43.7 Å². The molecular weight excluding hydrogens is 386 g/mol. The maximum absolute atomic E-state index is 13.1. The molecule has 3 heterocycles. The minimum absolute atomic E-state index is 0.0537. The van der Waals surface area contributed by atoms with Crippen LogP contribution in [0, 0.1) is 0 Å². The van der Waals surface area contributed by atoms with E-state index in [9.17, 15) is 14.4 Å². The monoisotopic (exact) mass is 415 g/mol. The van der Waals surface area contributed by atoms with Crippen molar-refractivity contribution in [1.29, 1.82) is 0 Å². The van der Waals surface area contributed by atoms with Crippen molar-refractivity contribution in [2.75, 3.05) is 44.7 Å². The van der Waals surface area contributed by atoms with E-state index in [-0.39, 0.29) is 24.8 Å². The first-order chi connectivity index (χ1) is 14.5. The number of rotatable bonds is 5. The SMILES string of the molecule is COc1ccc(C(=O)N2CCC(NC3CCNCC3)C2)cc1N1CCC(=O)NC1=O. The van der Waals surface area contributed by atoms with Gasteiger partial charge in [-0.2, -0.15) is 0 Å². The molecule has 1 aromatic carbocycles. The van der Waals surface area contributed by atoms with Crippen molar-refractivity contribution < 1.29 is 19.1 Å². The number of likely N-dealkylation sites (tertiary alicyclic amines) is 1. The number of piperidine rings is 1. The van der Waals surface area contributed by atoms with Crippen molar-refractivity contribution in [1.82, 2.24) is 20.9 Å². The fourth-order valence-corrected chi connectivity index (χ4v) is 4.41. The number of benzene rings is 1. The number of amides is 4. The van der Waals surface area contributed by atoms with Gasteiger partial charge in [-0.1, -0.05) is 0 Å². The molecule has 0 saturated carbocycles. The van der Waals surface area contributed by atoms with Gasteiger partial charge in [-0.3, -0.25) is 19.8 Å². The standard InChI is InChI=1S/C21H29N5O4/c1-30-18-3-2-14(12-17(18)26-11-7-19(27)24-21(26)29)20(28)25-10-6-16(13-25)23-15-4-8-22-9-5-15/h2-3,12,15-16,22-23H,4-11,13H2,1H3,(H,24,27,29). The smallest absolute Gasteiger partial charge is 0.328 e. The first-order valence-electron chi connectivity index (χ1n) is 10.6. The van der Waals surface area contributed by atoms with E-state index in [1.54, 1.807) is 18.2 Å². The molecule has 4 amide bonds. The van der Waals surface area contributed by atoms with Gasteiger partial charge in [0.2, 0.25) is 5.91 Å². The molecule has 0 aliphatic carbocycles. The highest BCUT2D eigenvalue weighted by Crippen LogP contribution is 2.31. The molecule has 0 bridgehead atoms. The number of hydrogen-bond acceptors (Lipinski definition) is 6. The van der Waals surface area contributed by atoms with Crippen LogP contribution in [0.3, 0.4) is 0 Å². The first kappa shape index (κ1) is 20.6. The predicted octanol–water partition coefficient (Wildman–Crippen LogP) is 0.698. The van der Waals surface area contributed by atoms with Crippen LogP contribution in [-0.2, 0) is 4.79 Å². The van der Waals surface area contributed by atoms with E-state index in [0.29, 0.717) is 42.2 Å². The van der Waals surface area contributed by atoms with Crippen molar-refractivity contribution in [2.24, 2.45) is 0 Å². The highest BCUT2D eigenvalue weighted by atomic mass is 16.5. The number of urea groups is 1. The molecule has 3 saturated heterocycles. The molecule has 4 rings (SSSR count). The molecule has 1 unspecified atom stereocenters. The number of nitrogens with one attached hydrogen (secondary N) is 3. The van der Waals surface area contributed by atoms with E-state index in [1.165, 1.54) is 12.0 Å². The van der Waals surface area contributed by atoms with Gasteiger partial charge in [0.15, 0.2) is 0 Å². The summed E-state index contributed by atoms with van der Waals surface area (Å²) < 4.78 is 5.39. The fourth-order valence-electron chi connectivity index (χ4n) is 4.41. The Balaban J connectivity index is 1.45. The average Bonchev–Trinajstić information content (AvgIpc) is 3.22. The Kier molecular flexibility index (Phi) is 6.19. The van der Waals surface area contributed by atoms with E-state index in [0.717, 1.165) is 32.4 Å². The zero-order valence-electron chi connectivity index (χ0n) is 17.3. The molecule has 30 heavy (non-hydrogen) atoms. The molecule has 1 atom stereocenters. The molecular formula is C21H29N5O4. The van der Waals surface area contributed by atoms with Crippen molar-refractivity contribution in [3.63, 3.8) is 0 Å². The number of ether oxygens (including phenoxy) is 1. The van der Waals surface area contributed by atoms with Gasteiger partial charge in [-0.05, 0) is 50.6 Å². The van der Waals surface area contributed by atoms with Gasteiger partial charge in [0.25, 0.3) is 5.91 Å². The molecule has 9 heteroatoms. The van der Waals surface area contributed by atoms with Crippen molar-refractivity contribution >= 4 is 23.5 Å². The molecule has 3 aliphatic heterocycles. The van der Waals surface area contributed by atoms with Crippen LogP contribution < -0.4 is 25.6 Å². The van der Waals surface area contributed by atoms with Crippen LogP contribution in [0.25, 0.3) is 0 Å². The van der Waals surface area contributed by atoms with Crippen molar-refractivity contribution in [2.45, 2.75) is 37.8 Å². The van der Waals surface area contributed by atoms with E-state index < -0.39 is 6.03 Å². The van der Waals surface area contributed by atoms with E-state index >= 15 is 0 Å². The predicted molar refractivity (Wildman–Crippen MR) is 112 cm³/mol. The van der Waals surface area contributed by atoms with E-state index in [2.05, 4.69) is 16.0 Å². The van der Waals surface area contributed by atoms with Crippen molar-refractivity contribution in [3.05, 3.63) is 23.8 Å². The molecule has 3 N–H and O–H groups in total. The highest BCUT2D eigenvalue weighted by molar-refractivity contribution is 6.07. The summed E-state index contributed by atoms with van der Waals surface area (Å²) in [5, 5.41) is 9.38. The van der Waals surface area contributed by atoms with Gasteiger partial charge >= 0.3 is 6.03 Å². The number of imide groups is 1. The lowest BCUT2D eigenvalue weighted by atomic mass is 10.1. The molecule has 1 aromatic rings. The normalized spacial score (nSPS) is 22.9. The van der Waals surface area contributed by atoms with Crippen LogP contribution in [-0.4, -0.2) is 74.7 Å². The summed E-state index contributed by atoms with van der Waals surface area (Å²) in [4.78, 5) is 40.2. The molecule has 0 radical (unpaired) electrons. The molecule has 3 fully saturated rings. The van der Waals surface area contributed by atoms with Crippen LogP contribution in [0.2, 0.25) is 0 Å². The Bertz CT molecular complexity index is 824. The number of hydrogen-bond donors (Lipinski definition) is 3. The number of carbonyl (C=O) groups excluding carboxylic acids is 3. The summed E-state index contributed by atoms with van der Waals surface area (Å²) in [6.07, 6.45) is 3.39. The Hall–Kier alpha value is -2.65. The van der Waals surface area contributed by atoms with Gasteiger partial charge in [-0.25, -0.2) is 4.79 Å². The average molecular weight is 415 g/mol. The second-order valence-corrected chi connectivity index (χ2v) is 8.07. The Morgan fingerprint density at radius 2 is 1.93 bits per heavy atom. The summed E-state index contributed by atoms with van der Waals surface area (Å²) in [5.41, 5.74) is 1.01. The summed E-state index contributed by atoms with van der Waals surface area (Å²) in [6, 6.07) is 5.44. The van der Waals surface area contributed by atoms with Crippen molar-refractivity contribution in [3.8, 4) is 5.75 Å². The zero-order valence-corrected chi connectivity index (χ0v) is 17.3. The second-order valence-electron chi connectivity index (χ2n) is 8.07. The van der Waals surface area contributed by atoms with Crippen LogP contribution >= 0.6 is 0 Å².